The second-order valence-electron chi connectivity index (χ2n) is 8.41. The summed E-state index contributed by atoms with van der Waals surface area (Å²) >= 11 is 0. The van der Waals surface area contributed by atoms with Crippen molar-refractivity contribution in [2.45, 2.75) is 110 Å². The molecule has 0 aliphatic rings. The SMILES string of the molecule is CCCCCCCCCCCCCCCCNC[N+](C)(C)CCC. The van der Waals surface area contributed by atoms with Gasteiger partial charge in [-0.2, -0.15) is 0 Å². The molecule has 2 nitrogen and oxygen atoms in total. The summed E-state index contributed by atoms with van der Waals surface area (Å²) in [4.78, 5) is 0. The monoisotopic (exact) mass is 341 g/mol. The van der Waals surface area contributed by atoms with Crippen molar-refractivity contribution >= 4 is 0 Å². The lowest BCUT2D eigenvalue weighted by atomic mass is 10.0. The fourth-order valence-electron chi connectivity index (χ4n) is 3.51. The molecule has 0 aromatic heterocycles. The molecule has 1 N–H and O–H groups in total. The van der Waals surface area contributed by atoms with E-state index in [1.165, 1.54) is 109 Å². The largest absolute Gasteiger partial charge is 0.316 e. The van der Waals surface area contributed by atoms with Gasteiger partial charge in [0.1, 0.15) is 6.67 Å². The van der Waals surface area contributed by atoms with E-state index in [-0.39, 0.29) is 0 Å². The van der Waals surface area contributed by atoms with Crippen LogP contribution in [0.5, 0.6) is 0 Å². The summed E-state index contributed by atoms with van der Waals surface area (Å²) in [5.74, 6) is 0. The lowest BCUT2D eigenvalue weighted by Gasteiger charge is -2.29. The molecule has 0 heterocycles. The van der Waals surface area contributed by atoms with Gasteiger partial charge >= 0.3 is 0 Å². The maximum Gasteiger partial charge on any atom is 0.132 e. The highest BCUT2D eigenvalue weighted by Gasteiger charge is 2.11. The molecule has 0 aromatic rings. The normalized spacial score (nSPS) is 12.0. The van der Waals surface area contributed by atoms with Gasteiger partial charge in [-0.05, 0) is 12.8 Å². The number of nitrogens with zero attached hydrogens (tertiary/aromatic N) is 1. The Labute approximate surface area is 154 Å². The predicted molar refractivity (Wildman–Crippen MR) is 110 cm³/mol. The molecule has 0 aromatic carbocycles. The summed E-state index contributed by atoms with van der Waals surface area (Å²) < 4.78 is 1.11. The molecule has 2 heteroatoms. The van der Waals surface area contributed by atoms with Crippen LogP contribution in [-0.4, -0.2) is 38.3 Å². The summed E-state index contributed by atoms with van der Waals surface area (Å²) in [6.45, 7) is 8.15. The van der Waals surface area contributed by atoms with Gasteiger partial charge in [-0.15, -0.1) is 0 Å². The van der Waals surface area contributed by atoms with E-state index in [9.17, 15) is 0 Å². The maximum atomic E-state index is 3.63. The van der Waals surface area contributed by atoms with Crippen molar-refractivity contribution in [2.24, 2.45) is 0 Å². The molecule has 0 aliphatic heterocycles. The number of nitrogens with one attached hydrogen (secondary N) is 1. The Hall–Kier alpha value is -0.0800. The summed E-state index contributed by atoms with van der Waals surface area (Å²) in [6.07, 6.45) is 21.5. The van der Waals surface area contributed by atoms with Gasteiger partial charge in [-0.1, -0.05) is 97.3 Å². The van der Waals surface area contributed by atoms with Crippen LogP contribution in [-0.2, 0) is 0 Å². The summed E-state index contributed by atoms with van der Waals surface area (Å²) in [5, 5.41) is 3.63. The number of rotatable bonds is 19. The molecular formula is C22H49N2+. The fraction of sp³-hybridized carbons (Fsp3) is 1.00. The van der Waals surface area contributed by atoms with Gasteiger partial charge in [0, 0.05) is 6.54 Å². The Morgan fingerprint density at radius 1 is 0.542 bits per heavy atom. The van der Waals surface area contributed by atoms with E-state index < -0.39 is 0 Å². The zero-order valence-corrected chi connectivity index (χ0v) is 17.7. The van der Waals surface area contributed by atoms with Crippen molar-refractivity contribution in [2.75, 3.05) is 33.9 Å². The van der Waals surface area contributed by atoms with Crippen LogP contribution in [0, 0.1) is 0 Å². The Bertz CT molecular complexity index is 238. The topological polar surface area (TPSA) is 12.0 Å². The van der Waals surface area contributed by atoms with Crippen molar-refractivity contribution < 1.29 is 4.48 Å². The van der Waals surface area contributed by atoms with Gasteiger partial charge < -0.3 is 4.48 Å². The molecule has 0 saturated heterocycles. The van der Waals surface area contributed by atoms with E-state index in [0.717, 1.165) is 11.2 Å². The first-order valence-electron chi connectivity index (χ1n) is 11.1. The summed E-state index contributed by atoms with van der Waals surface area (Å²) in [6, 6.07) is 0. The average molecular weight is 342 g/mol. The second kappa shape index (κ2) is 17.7. The highest BCUT2D eigenvalue weighted by atomic mass is 15.4. The Morgan fingerprint density at radius 3 is 1.38 bits per heavy atom. The smallest absolute Gasteiger partial charge is 0.132 e. The van der Waals surface area contributed by atoms with Crippen LogP contribution in [0.15, 0.2) is 0 Å². The van der Waals surface area contributed by atoms with Crippen molar-refractivity contribution in [3.05, 3.63) is 0 Å². The van der Waals surface area contributed by atoms with E-state index in [4.69, 9.17) is 0 Å². The summed E-state index contributed by atoms with van der Waals surface area (Å²) in [5.41, 5.74) is 0. The molecule has 0 amide bonds. The van der Waals surface area contributed by atoms with Crippen LogP contribution < -0.4 is 5.32 Å². The van der Waals surface area contributed by atoms with Crippen molar-refractivity contribution in [1.29, 1.82) is 0 Å². The third-order valence-electron chi connectivity index (χ3n) is 5.08. The van der Waals surface area contributed by atoms with Crippen molar-refractivity contribution in [1.82, 2.24) is 5.32 Å². The molecule has 0 saturated carbocycles. The minimum atomic E-state index is 1.11. The first-order valence-corrected chi connectivity index (χ1v) is 11.1. The highest BCUT2D eigenvalue weighted by molar-refractivity contribution is 4.50. The zero-order chi connectivity index (χ0) is 17.9. The minimum absolute atomic E-state index is 1.11. The first-order chi connectivity index (χ1) is 11.6. The first kappa shape index (κ1) is 23.9. The molecule has 0 atom stereocenters. The molecule has 0 unspecified atom stereocenters. The van der Waals surface area contributed by atoms with E-state index in [2.05, 4.69) is 33.3 Å². The van der Waals surface area contributed by atoms with Gasteiger partial charge in [-0.3, -0.25) is 5.32 Å². The molecule has 0 fully saturated rings. The fourth-order valence-corrected chi connectivity index (χ4v) is 3.51. The van der Waals surface area contributed by atoms with Crippen LogP contribution in [0.1, 0.15) is 110 Å². The molecule has 0 rings (SSSR count). The number of unbranched alkanes of at least 4 members (excludes halogenated alkanes) is 13. The van der Waals surface area contributed by atoms with Crippen molar-refractivity contribution in [3.8, 4) is 0 Å². The van der Waals surface area contributed by atoms with E-state index in [1.54, 1.807) is 0 Å². The molecule has 0 aliphatic carbocycles. The van der Waals surface area contributed by atoms with E-state index in [0.29, 0.717) is 0 Å². The predicted octanol–water partition coefficient (Wildman–Crippen LogP) is 6.50. The molecule has 0 spiro atoms. The Balaban J connectivity index is 3.10. The average Bonchev–Trinajstić information content (AvgIpc) is 2.54. The molecule has 146 valence electrons. The van der Waals surface area contributed by atoms with Crippen molar-refractivity contribution in [3.63, 3.8) is 0 Å². The number of hydrogen-bond donors (Lipinski definition) is 1. The zero-order valence-electron chi connectivity index (χ0n) is 17.7. The van der Waals surface area contributed by atoms with Gasteiger partial charge in [0.2, 0.25) is 0 Å². The van der Waals surface area contributed by atoms with Crippen LogP contribution in [0.2, 0.25) is 0 Å². The maximum absolute atomic E-state index is 3.63. The Morgan fingerprint density at radius 2 is 0.958 bits per heavy atom. The standard InChI is InChI=1S/C22H49N2/c1-5-7-8-9-10-11-12-13-14-15-16-17-18-19-20-23-22-24(3,4)21-6-2/h23H,5-22H2,1-4H3/q+1. The number of quaternary nitrogens is 1. The summed E-state index contributed by atoms with van der Waals surface area (Å²) in [7, 11) is 4.64. The lowest BCUT2D eigenvalue weighted by molar-refractivity contribution is -0.893. The van der Waals surface area contributed by atoms with Crippen LogP contribution in [0.3, 0.4) is 0 Å². The third-order valence-corrected chi connectivity index (χ3v) is 5.08. The highest BCUT2D eigenvalue weighted by Crippen LogP contribution is 2.12. The molecule has 0 radical (unpaired) electrons. The van der Waals surface area contributed by atoms with E-state index in [1.807, 2.05) is 0 Å². The lowest BCUT2D eigenvalue weighted by Crippen LogP contribution is -2.47. The second-order valence-corrected chi connectivity index (χ2v) is 8.41. The third kappa shape index (κ3) is 18.3. The van der Waals surface area contributed by atoms with Gasteiger partial charge in [0.15, 0.2) is 0 Å². The van der Waals surface area contributed by atoms with Crippen LogP contribution in [0.4, 0.5) is 0 Å². The molecule has 0 bridgehead atoms. The van der Waals surface area contributed by atoms with Gasteiger partial charge in [0.05, 0.1) is 20.6 Å². The van der Waals surface area contributed by atoms with Crippen LogP contribution >= 0.6 is 0 Å². The van der Waals surface area contributed by atoms with E-state index >= 15 is 0 Å². The Kier molecular flexibility index (Phi) is 17.7. The van der Waals surface area contributed by atoms with Gasteiger partial charge in [0.25, 0.3) is 0 Å². The molecule has 24 heavy (non-hydrogen) atoms. The number of hydrogen-bond acceptors (Lipinski definition) is 1. The quantitative estimate of drug-likeness (QED) is 0.161. The van der Waals surface area contributed by atoms with Crippen LogP contribution in [0.25, 0.3) is 0 Å². The molecular weight excluding hydrogens is 292 g/mol. The minimum Gasteiger partial charge on any atom is -0.316 e. The van der Waals surface area contributed by atoms with Gasteiger partial charge in [-0.25, -0.2) is 0 Å².